The maximum Gasteiger partial charge on any atom is 0.191 e. The summed E-state index contributed by atoms with van der Waals surface area (Å²) in [6, 6.07) is 4.27. The molecular formula is C19H33N5. The molecule has 1 aliphatic heterocycles. The van der Waals surface area contributed by atoms with Crippen LogP contribution in [-0.2, 0) is 6.54 Å². The van der Waals surface area contributed by atoms with Gasteiger partial charge in [0, 0.05) is 32.4 Å². The number of rotatable bonds is 8. The number of guanidine groups is 1. The summed E-state index contributed by atoms with van der Waals surface area (Å²) in [5.41, 5.74) is 1.15. The summed E-state index contributed by atoms with van der Waals surface area (Å²) >= 11 is 0. The van der Waals surface area contributed by atoms with Gasteiger partial charge in [0.15, 0.2) is 5.96 Å². The van der Waals surface area contributed by atoms with Crippen LogP contribution in [0.15, 0.2) is 23.3 Å². The summed E-state index contributed by atoms with van der Waals surface area (Å²) in [5.74, 6) is 2.75. The quantitative estimate of drug-likeness (QED) is 0.436. The van der Waals surface area contributed by atoms with Crippen molar-refractivity contribution in [2.24, 2.45) is 10.9 Å². The van der Waals surface area contributed by atoms with E-state index in [1.165, 1.54) is 25.7 Å². The first-order chi connectivity index (χ1) is 11.7. The fourth-order valence-corrected chi connectivity index (χ4v) is 2.87. The van der Waals surface area contributed by atoms with Crippen LogP contribution in [0.1, 0.15) is 52.0 Å². The minimum absolute atomic E-state index is 0.660. The molecule has 1 aromatic rings. The van der Waals surface area contributed by atoms with Crippen molar-refractivity contribution in [3.8, 4) is 0 Å². The van der Waals surface area contributed by atoms with Gasteiger partial charge in [0.2, 0.25) is 0 Å². The highest BCUT2D eigenvalue weighted by molar-refractivity contribution is 5.79. The summed E-state index contributed by atoms with van der Waals surface area (Å²) in [7, 11) is 0. The van der Waals surface area contributed by atoms with E-state index in [0.717, 1.165) is 49.4 Å². The summed E-state index contributed by atoms with van der Waals surface area (Å²) in [4.78, 5) is 11.6. The molecule has 0 unspecified atom stereocenters. The van der Waals surface area contributed by atoms with Gasteiger partial charge in [0.05, 0.1) is 6.54 Å². The Morgan fingerprint density at radius 1 is 1.25 bits per heavy atom. The maximum absolute atomic E-state index is 4.67. The topological polar surface area (TPSA) is 52.6 Å². The molecule has 134 valence electrons. The normalized spacial score (nSPS) is 15.2. The number of nitrogens with zero attached hydrogens (tertiary/aromatic N) is 3. The molecule has 1 aromatic heterocycles. The van der Waals surface area contributed by atoms with Gasteiger partial charge in [-0.15, -0.1) is 0 Å². The molecule has 0 bridgehead atoms. The minimum Gasteiger partial charge on any atom is -0.357 e. The number of anilines is 1. The Labute approximate surface area is 147 Å². The van der Waals surface area contributed by atoms with Gasteiger partial charge >= 0.3 is 0 Å². The molecule has 2 heterocycles. The van der Waals surface area contributed by atoms with Gasteiger partial charge in [-0.05, 0) is 50.2 Å². The molecule has 24 heavy (non-hydrogen) atoms. The number of aliphatic imine (C=N–C) groups is 1. The van der Waals surface area contributed by atoms with Gasteiger partial charge in [-0.25, -0.2) is 9.98 Å². The number of hydrogen-bond acceptors (Lipinski definition) is 3. The summed E-state index contributed by atoms with van der Waals surface area (Å²) in [6.07, 6.45) is 6.94. The van der Waals surface area contributed by atoms with Crippen LogP contribution in [0, 0.1) is 5.92 Å². The smallest absolute Gasteiger partial charge is 0.191 e. The molecule has 2 rings (SSSR count). The lowest BCUT2D eigenvalue weighted by molar-refractivity contribution is 0.549. The lowest BCUT2D eigenvalue weighted by atomic mass is 10.1. The molecule has 0 radical (unpaired) electrons. The second-order valence-electron chi connectivity index (χ2n) is 6.88. The van der Waals surface area contributed by atoms with E-state index in [-0.39, 0.29) is 0 Å². The molecule has 1 saturated heterocycles. The largest absolute Gasteiger partial charge is 0.357 e. The Hall–Kier alpha value is -1.78. The highest BCUT2D eigenvalue weighted by Gasteiger charge is 2.12. The zero-order chi connectivity index (χ0) is 17.2. The van der Waals surface area contributed by atoms with E-state index < -0.39 is 0 Å². The molecule has 0 saturated carbocycles. The lowest BCUT2D eigenvalue weighted by Gasteiger charge is -2.16. The van der Waals surface area contributed by atoms with E-state index in [0.29, 0.717) is 6.54 Å². The Bertz CT molecular complexity index is 489. The van der Waals surface area contributed by atoms with Gasteiger partial charge in [-0.2, -0.15) is 0 Å². The van der Waals surface area contributed by atoms with Crippen molar-refractivity contribution in [3.63, 3.8) is 0 Å². The third kappa shape index (κ3) is 6.38. The number of pyridine rings is 1. The molecule has 0 aromatic carbocycles. The van der Waals surface area contributed by atoms with Gasteiger partial charge < -0.3 is 15.5 Å². The van der Waals surface area contributed by atoms with Gasteiger partial charge in [0.25, 0.3) is 0 Å². The standard InChI is InChI=1S/C19H33N5/c1-4-20-19(21-11-7-8-16(2)3)23-15-17-9-10-18(22-14-17)24-12-5-6-13-24/h9-10,14,16H,4-8,11-13,15H2,1-3H3,(H2,20,21,23). The molecule has 0 atom stereocenters. The zero-order valence-electron chi connectivity index (χ0n) is 15.5. The molecule has 1 aliphatic rings. The van der Waals surface area contributed by atoms with Crippen molar-refractivity contribution in [1.29, 1.82) is 0 Å². The van der Waals surface area contributed by atoms with Gasteiger partial charge in [-0.1, -0.05) is 19.9 Å². The van der Waals surface area contributed by atoms with Crippen molar-refractivity contribution in [2.75, 3.05) is 31.1 Å². The van der Waals surface area contributed by atoms with Crippen LogP contribution in [-0.4, -0.2) is 37.1 Å². The van der Waals surface area contributed by atoms with E-state index in [4.69, 9.17) is 0 Å². The second-order valence-corrected chi connectivity index (χ2v) is 6.88. The fraction of sp³-hybridized carbons (Fsp3) is 0.684. The highest BCUT2D eigenvalue weighted by atomic mass is 15.2. The van der Waals surface area contributed by atoms with Crippen LogP contribution in [0.4, 0.5) is 5.82 Å². The molecular weight excluding hydrogens is 298 g/mol. The molecule has 5 heteroatoms. The van der Waals surface area contributed by atoms with E-state index >= 15 is 0 Å². The van der Waals surface area contributed by atoms with Gasteiger partial charge in [-0.3, -0.25) is 0 Å². The predicted molar refractivity (Wildman–Crippen MR) is 103 cm³/mol. The predicted octanol–water partition coefficient (Wildman–Crippen LogP) is 3.17. The molecule has 0 amide bonds. The lowest BCUT2D eigenvalue weighted by Crippen LogP contribution is -2.37. The van der Waals surface area contributed by atoms with Crippen LogP contribution in [0.2, 0.25) is 0 Å². The fourth-order valence-electron chi connectivity index (χ4n) is 2.87. The molecule has 5 nitrogen and oxygen atoms in total. The first-order valence-corrected chi connectivity index (χ1v) is 9.41. The highest BCUT2D eigenvalue weighted by Crippen LogP contribution is 2.17. The van der Waals surface area contributed by atoms with E-state index in [1.807, 2.05) is 6.20 Å². The maximum atomic E-state index is 4.67. The summed E-state index contributed by atoms with van der Waals surface area (Å²) in [6.45, 7) is 11.4. The van der Waals surface area contributed by atoms with E-state index in [2.05, 4.69) is 58.4 Å². The van der Waals surface area contributed by atoms with Crippen LogP contribution >= 0.6 is 0 Å². The van der Waals surface area contributed by atoms with Gasteiger partial charge in [0.1, 0.15) is 5.82 Å². The first-order valence-electron chi connectivity index (χ1n) is 9.41. The second kappa shape index (κ2) is 10.2. The summed E-state index contributed by atoms with van der Waals surface area (Å²) in [5, 5.41) is 6.72. The van der Waals surface area contributed by atoms with Crippen molar-refractivity contribution < 1.29 is 0 Å². The third-order valence-corrected chi connectivity index (χ3v) is 4.25. The van der Waals surface area contributed by atoms with Crippen LogP contribution in [0.25, 0.3) is 0 Å². The van der Waals surface area contributed by atoms with E-state index in [9.17, 15) is 0 Å². The van der Waals surface area contributed by atoms with Crippen LogP contribution < -0.4 is 15.5 Å². The first kappa shape index (κ1) is 18.6. The molecule has 0 spiro atoms. The number of hydrogen-bond donors (Lipinski definition) is 2. The van der Waals surface area contributed by atoms with Crippen LogP contribution in [0.5, 0.6) is 0 Å². The SMILES string of the molecule is CCNC(=NCc1ccc(N2CCCC2)nc1)NCCCC(C)C. The number of aromatic nitrogens is 1. The summed E-state index contributed by atoms with van der Waals surface area (Å²) < 4.78 is 0. The Balaban J connectivity index is 1.83. The Morgan fingerprint density at radius 2 is 2.04 bits per heavy atom. The Morgan fingerprint density at radius 3 is 2.67 bits per heavy atom. The zero-order valence-corrected chi connectivity index (χ0v) is 15.5. The monoisotopic (exact) mass is 331 g/mol. The van der Waals surface area contributed by atoms with Crippen molar-refractivity contribution in [3.05, 3.63) is 23.9 Å². The molecule has 1 fully saturated rings. The molecule has 2 N–H and O–H groups in total. The van der Waals surface area contributed by atoms with Crippen molar-refractivity contribution >= 4 is 11.8 Å². The average Bonchev–Trinajstić information content (AvgIpc) is 3.11. The number of nitrogens with one attached hydrogen (secondary N) is 2. The third-order valence-electron chi connectivity index (χ3n) is 4.25. The average molecular weight is 332 g/mol. The van der Waals surface area contributed by atoms with Crippen molar-refractivity contribution in [2.45, 2.75) is 53.0 Å². The van der Waals surface area contributed by atoms with Crippen LogP contribution in [0.3, 0.4) is 0 Å². The van der Waals surface area contributed by atoms with Crippen molar-refractivity contribution in [1.82, 2.24) is 15.6 Å². The van der Waals surface area contributed by atoms with E-state index in [1.54, 1.807) is 0 Å². The minimum atomic E-state index is 0.660. The molecule has 0 aliphatic carbocycles. The Kier molecular flexibility index (Phi) is 7.86.